The van der Waals surface area contributed by atoms with E-state index in [9.17, 15) is 4.79 Å². The molecule has 0 unspecified atom stereocenters. The van der Waals surface area contributed by atoms with Crippen LogP contribution in [0.3, 0.4) is 0 Å². The van der Waals surface area contributed by atoms with Gasteiger partial charge in [0.2, 0.25) is 5.91 Å². The van der Waals surface area contributed by atoms with E-state index in [1.807, 2.05) is 35.7 Å². The second-order valence-electron chi connectivity index (χ2n) is 4.15. The standard InChI is InChI=1S/C14H15BrN2OS/c1-10(13-7-4-8-19-13)16-9-14(18)17-12-6-3-2-5-11(12)15/h2-8,10,16H,9H2,1H3,(H,17,18)/t10-/m0/s1. The molecule has 5 heteroatoms. The Kier molecular flexibility index (Phi) is 5.13. The number of anilines is 1. The van der Waals surface area contributed by atoms with E-state index in [4.69, 9.17) is 0 Å². The van der Waals surface area contributed by atoms with Crippen molar-refractivity contribution < 1.29 is 4.79 Å². The number of rotatable bonds is 5. The molecular formula is C14H15BrN2OS. The molecule has 1 heterocycles. The molecule has 1 atom stereocenters. The lowest BCUT2D eigenvalue weighted by Crippen LogP contribution is -2.29. The molecule has 100 valence electrons. The maximum atomic E-state index is 11.8. The van der Waals surface area contributed by atoms with E-state index in [1.165, 1.54) is 4.88 Å². The molecule has 0 aliphatic carbocycles. The molecule has 0 aliphatic heterocycles. The van der Waals surface area contributed by atoms with Gasteiger partial charge in [-0.3, -0.25) is 4.79 Å². The van der Waals surface area contributed by atoms with E-state index < -0.39 is 0 Å². The van der Waals surface area contributed by atoms with Gasteiger partial charge in [-0.1, -0.05) is 18.2 Å². The quantitative estimate of drug-likeness (QED) is 0.870. The van der Waals surface area contributed by atoms with Crippen LogP contribution in [-0.4, -0.2) is 12.5 Å². The summed E-state index contributed by atoms with van der Waals surface area (Å²) < 4.78 is 0.884. The minimum atomic E-state index is -0.0460. The summed E-state index contributed by atoms with van der Waals surface area (Å²) in [5, 5.41) is 8.11. The lowest BCUT2D eigenvalue weighted by Gasteiger charge is -2.12. The fourth-order valence-corrected chi connectivity index (χ4v) is 2.78. The monoisotopic (exact) mass is 338 g/mol. The van der Waals surface area contributed by atoms with Crippen molar-refractivity contribution in [3.05, 3.63) is 51.1 Å². The van der Waals surface area contributed by atoms with E-state index >= 15 is 0 Å². The lowest BCUT2D eigenvalue weighted by molar-refractivity contribution is -0.115. The Hall–Kier alpha value is -1.17. The number of halogens is 1. The Morgan fingerprint density at radius 3 is 2.79 bits per heavy atom. The van der Waals surface area contributed by atoms with Gasteiger partial charge in [0.1, 0.15) is 0 Å². The highest BCUT2D eigenvalue weighted by molar-refractivity contribution is 9.10. The normalized spacial score (nSPS) is 12.1. The molecule has 1 amide bonds. The Morgan fingerprint density at radius 2 is 2.11 bits per heavy atom. The summed E-state index contributed by atoms with van der Waals surface area (Å²) in [5.41, 5.74) is 0.790. The smallest absolute Gasteiger partial charge is 0.238 e. The summed E-state index contributed by atoms with van der Waals surface area (Å²) >= 11 is 5.09. The van der Waals surface area contributed by atoms with Crippen LogP contribution < -0.4 is 10.6 Å². The molecule has 0 saturated carbocycles. The summed E-state index contributed by atoms with van der Waals surface area (Å²) in [4.78, 5) is 13.1. The molecule has 0 saturated heterocycles. The first-order chi connectivity index (χ1) is 9.16. The number of thiophene rings is 1. The van der Waals surface area contributed by atoms with Gasteiger partial charge in [-0.05, 0) is 46.4 Å². The van der Waals surface area contributed by atoms with Crippen LogP contribution in [0.4, 0.5) is 5.69 Å². The fourth-order valence-electron chi connectivity index (χ4n) is 1.64. The van der Waals surface area contributed by atoms with Crippen molar-refractivity contribution in [1.29, 1.82) is 0 Å². The molecule has 3 nitrogen and oxygen atoms in total. The molecular weight excluding hydrogens is 324 g/mol. The number of amides is 1. The highest BCUT2D eigenvalue weighted by Crippen LogP contribution is 2.21. The van der Waals surface area contributed by atoms with Crippen molar-refractivity contribution in [3.63, 3.8) is 0 Å². The topological polar surface area (TPSA) is 41.1 Å². The first kappa shape index (κ1) is 14.2. The predicted octanol–water partition coefficient (Wildman–Crippen LogP) is 3.80. The fraction of sp³-hybridized carbons (Fsp3) is 0.214. The van der Waals surface area contributed by atoms with Gasteiger partial charge in [-0.15, -0.1) is 11.3 Å². The summed E-state index contributed by atoms with van der Waals surface area (Å²) in [7, 11) is 0. The van der Waals surface area contributed by atoms with Gasteiger partial charge in [-0.2, -0.15) is 0 Å². The summed E-state index contributed by atoms with van der Waals surface area (Å²) in [6.45, 7) is 2.35. The first-order valence-electron chi connectivity index (χ1n) is 5.98. The van der Waals surface area contributed by atoms with Crippen molar-refractivity contribution in [2.45, 2.75) is 13.0 Å². The Bertz CT molecular complexity index is 542. The third-order valence-electron chi connectivity index (χ3n) is 2.69. The maximum absolute atomic E-state index is 11.8. The van der Waals surface area contributed by atoms with Crippen molar-refractivity contribution in [3.8, 4) is 0 Å². The largest absolute Gasteiger partial charge is 0.324 e. The third-order valence-corrected chi connectivity index (χ3v) is 4.43. The summed E-state index contributed by atoms with van der Waals surface area (Å²) in [6, 6.07) is 11.8. The number of benzene rings is 1. The predicted molar refractivity (Wildman–Crippen MR) is 83.5 cm³/mol. The van der Waals surface area contributed by atoms with Gasteiger partial charge in [0, 0.05) is 15.4 Å². The van der Waals surface area contributed by atoms with Gasteiger partial charge < -0.3 is 10.6 Å². The van der Waals surface area contributed by atoms with Crippen LogP contribution in [0.15, 0.2) is 46.3 Å². The zero-order chi connectivity index (χ0) is 13.7. The molecule has 2 aromatic rings. The minimum Gasteiger partial charge on any atom is -0.324 e. The van der Waals surface area contributed by atoms with Crippen LogP contribution in [0.25, 0.3) is 0 Å². The van der Waals surface area contributed by atoms with Crippen LogP contribution >= 0.6 is 27.3 Å². The van der Waals surface area contributed by atoms with E-state index in [2.05, 4.69) is 39.6 Å². The van der Waals surface area contributed by atoms with Crippen LogP contribution in [-0.2, 0) is 4.79 Å². The molecule has 1 aromatic heterocycles. The Morgan fingerprint density at radius 1 is 1.32 bits per heavy atom. The number of hydrogen-bond acceptors (Lipinski definition) is 3. The SMILES string of the molecule is C[C@H](NCC(=O)Nc1ccccc1Br)c1cccs1. The number of para-hydroxylation sites is 1. The third kappa shape index (κ3) is 4.16. The van der Waals surface area contributed by atoms with Gasteiger partial charge in [0.05, 0.1) is 12.2 Å². The van der Waals surface area contributed by atoms with E-state index in [0.717, 1.165) is 10.2 Å². The number of hydrogen-bond donors (Lipinski definition) is 2. The minimum absolute atomic E-state index is 0.0460. The van der Waals surface area contributed by atoms with Crippen LogP contribution in [0, 0.1) is 0 Å². The first-order valence-corrected chi connectivity index (χ1v) is 7.65. The highest BCUT2D eigenvalue weighted by atomic mass is 79.9. The van der Waals surface area contributed by atoms with Crippen LogP contribution in [0.2, 0.25) is 0 Å². The second-order valence-corrected chi connectivity index (χ2v) is 5.98. The summed E-state index contributed by atoms with van der Waals surface area (Å²) in [6.07, 6.45) is 0. The van der Waals surface area contributed by atoms with Gasteiger partial charge in [0.15, 0.2) is 0 Å². The second kappa shape index (κ2) is 6.84. The van der Waals surface area contributed by atoms with E-state index in [0.29, 0.717) is 6.54 Å². The van der Waals surface area contributed by atoms with Crippen molar-refractivity contribution >= 4 is 38.9 Å². The van der Waals surface area contributed by atoms with Gasteiger partial charge in [0.25, 0.3) is 0 Å². The van der Waals surface area contributed by atoms with E-state index in [1.54, 1.807) is 11.3 Å². The van der Waals surface area contributed by atoms with Crippen molar-refractivity contribution in [2.75, 3.05) is 11.9 Å². The Balaban J connectivity index is 1.84. The average molecular weight is 339 g/mol. The number of carbonyl (C=O) groups excluding carboxylic acids is 1. The molecule has 2 N–H and O–H groups in total. The van der Waals surface area contributed by atoms with Gasteiger partial charge in [-0.25, -0.2) is 0 Å². The number of nitrogens with one attached hydrogen (secondary N) is 2. The molecule has 0 radical (unpaired) electrons. The van der Waals surface area contributed by atoms with Crippen LogP contribution in [0.5, 0.6) is 0 Å². The van der Waals surface area contributed by atoms with Crippen molar-refractivity contribution in [2.24, 2.45) is 0 Å². The summed E-state index contributed by atoms with van der Waals surface area (Å²) in [5.74, 6) is -0.0460. The molecule has 0 aliphatic rings. The maximum Gasteiger partial charge on any atom is 0.238 e. The van der Waals surface area contributed by atoms with Gasteiger partial charge >= 0.3 is 0 Å². The zero-order valence-electron chi connectivity index (χ0n) is 10.5. The lowest BCUT2D eigenvalue weighted by atomic mass is 10.2. The van der Waals surface area contributed by atoms with Crippen LogP contribution in [0.1, 0.15) is 17.8 Å². The molecule has 0 spiro atoms. The van der Waals surface area contributed by atoms with E-state index in [-0.39, 0.29) is 11.9 Å². The molecule has 19 heavy (non-hydrogen) atoms. The van der Waals surface area contributed by atoms with Crippen molar-refractivity contribution in [1.82, 2.24) is 5.32 Å². The molecule has 0 bridgehead atoms. The zero-order valence-corrected chi connectivity index (χ0v) is 12.9. The Labute approximate surface area is 125 Å². The number of carbonyl (C=O) groups is 1. The molecule has 0 fully saturated rings. The molecule has 2 rings (SSSR count). The molecule has 1 aromatic carbocycles. The average Bonchev–Trinajstić information content (AvgIpc) is 2.93. The highest BCUT2D eigenvalue weighted by Gasteiger charge is 2.09.